The standard InChI is InChI=1S/C13H14N4O4/c1-8(4-15-7-14-2)9-3-10(18)12(16-5-9)13(21)17-6-11(19)20/h3-5,7,18H,2,6H2,1H3,(H,17,21)(H,19,20)/b8-4+,15-7-. The first-order valence-electron chi connectivity index (χ1n) is 5.79. The highest BCUT2D eigenvalue weighted by Gasteiger charge is 2.14. The third-order valence-electron chi connectivity index (χ3n) is 2.35. The molecule has 0 aliphatic heterocycles. The molecule has 0 atom stereocenters. The van der Waals surface area contributed by atoms with Gasteiger partial charge in [0.15, 0.2) is 5.69 Å². The van der Waals surface area contributed by atoms with E-state index in [1.54, 1.807) is 6.92 Å². The van der Waals surface area contributed by atoms with E-state index in [9.17, 15) is 14.7 Å². The number of amides is 1. The van der Waals surface area contributed by atoms with Gasteiger partial charge in [-0.15, -0.1) is 0 Å². The molecule has 0 aromatic carbocycles. The minimum atomic E-state index is -1.19. The summed E-state index contributed by atoms with van der Waals surface area (Å²) < 4.78 is 0. The molecule has 1 heterocycles. The lowest BCUT2D eigenvalue weighted by atomic mass is 10.1. The van der Waals surface area contributed by atoms with Crippen LogP contribution < -0.4 is 5.32 Å². The second-order valence-corrected chi connectivity index (χ2v) is 3.93. The number of hydrogen-bond donors (Lipinski definition) is 3. The lowest BCUT2D eigenvalue weighted by Crippen LogP contribution is -2.29. The van der Waals surface area contributed by atoms with E-state index in [0.717, 1.165) is 0 Å². The Morgan fingerprint density at radius 2 is 2.24 bits per heavy atom. The first-order chi connectivity index (χ1) is 9.95. The van der Waals surface area contributed by atoms with Gasteiger partial charge in [-0.3, -0.25) is 14.6 Å². The van der Waals surface area contributed by atoms with Crippen LogP contribution in [0.4, 0.5) is 0 Å². The maximum atomic E-state index is 11.6. The number of carboxylic acid groups (broad SMARTS) is 1. The number of carbonyl (C=O) groups excluding carboxylic acids is 1. The largest absolute Gasteiger partial charge is 0.505 e. The van der Waals surface area contributed by atoms with Gasteiger partial charge < -0.3 is 15.5 Å². The van der Waals surface area contributed by atoms with E-state index in [4.69, 9.17) is 5.11 Å². The fourth-order valence-corrected chi connectivity index (χ4v) is 1.35. The van der Waals surface area contributed by atoms with Crippen LogP contribution in [0, 0.1) is 0 Å². The number of nitrogens with zero attached hydrogens (tertiary/aromatic N) is 3. The molecular formula is C13H14N4O4. The summed E-state index contributed by atoms with van der Waals surface area (Å²) in [6.07, 6.45) is 4.12. The van der Waals surface area contributed by atoms with E-state index in [1.807, 2.05) is 0 Å². The number of aromatic nitrogens is 1. The number of aliphatic carboxylic acids is 1. The third-order valence-corrected chi connectivity index (χ3v) is 2.35. The van der Waals surface area contributed by atoms with Crippen LogP contribution in [0.25, 0.3) is 5.57 Å². The predicted octanol–water partition coefficient (Wildman–Crippen LogP) is 0.691. The first kappa shape index (κ1) is 16.0. The molecule has 3 N–H and O–H groups in total. The number of allylic oxidation sites excluding steroid dienone is 1. The summed E-state index contributed by atoms with van der Waals surface area (Å²) in [6, 6.07) is 1.34. The third kappa shape index (κ3) is 4.86. The molecule has 1 amide bonds. The van der Waals surface area contributed by atoms with Crippen LogP contribution in [0.5, 0.6) is 5.75 Å². The number of carboxylic acids is 1. The number of carbonyl (C=O) groups is 2. The highest BCUT2D eigenvalue weighted by Crippen LogP contribution is 2.21. The Labute approximate surface area is 120 Å². The number of nitrogens with one attached hydrogen (secondary N) is 1. The zero-order chi connectivity index (χ0) is 15.8. The summed E-state index contributed by atoms with van der Waals surface area (Å²) in [7, 11) is 0. The Kier molecular flexibility index (Phi) is 5.75. The van der Waals surface area contributed by atoms with Gasteiger partial charge in [0, 0.05) is 18.0 Å². The van der Waals surface area contributed by atoms with E-state index in [1.165, 1.54) is 24.8 Å². The van der Waals surface area contributed by atoms with Crippen molar-refractivity contribution in [3.05, 3.63) is 29.7 Å². The lowest BCUT2D eigenvalue weighted by molar-refractivity contribution is -0.135. The van der Waals surface area contributed by atoms with Gasteiger partial charge in [-0.25, -0.2) is 9.98 Å². The second-order valence-electron chi connectivity index (χ2n) is 3.93. The van der Waals surface area contributed by atoms with Crippen LogP contribution in [0.15, 0.2) is 28.4 Å². The Morgan fingerprint density at radius 1 is 1.52 bits per heavy atom. The molecule has 0 bridgehead atoms. The zero-order valence-corrected chi connectivity index (χ0v) is 11.3. The van der Waals surface area contributed by atoms with Gasteiger partial charge in [0.05, 0.1) is 0 Å². The highest BCUT2D eigenvalue weighted by molar-refractivity contribution is 5.96. The smallest absolute Gasteiger partial charge is 0.322 e. The summed E-state index contributed by atoms with van der Waals surface area (Å²) in [5, 5.41) is 20.4. The van der Waals surface area contributed by atoms with Gasteiger partial charge in [-0.05, 0) is 25.3 Å². The number of aliphatic imine (C=N–C) groups is 2. The zero-order valence-electron chi connectivity index (χ0n) is 11.3. The fraction of sp³-hybridized carbons (Fsp3) is 0.154. The molecule has 1 rings (SSSR count). The van der Waals surface area contributed by atoms with Gasteiger partial charge in [-0.1, -0.05) is 0 Å². The monoisotopic (exact) mass is 290 g/mol. The molecule has 0 saturated carbocycles. The van der Waals surface area contributed by atoms with Crippen molar-refractivity contribution >= 4 is 30.5 Å². The minimum absolute atomic E-state index is 0.246. The lowest BCUT2D eigenvalue weighted by Gasteiger charge is -2.06. The Balaban J connectivity index is 2.92. The average molecular weight is 290 g/mol. The van der Waals surface area contributed by atoms with Crippen molar-refractivity contribution < 1.29 is 19.8 Å². The van der Waals surface area contributed by atoms with Crippen molar-refractivity contribution in [1.29, 1.82) is 0 Å². The van der Waals surface area contributed by atoms with Crippen molar-refractivity contribution in [1.82, 2.24) is 10.3 Å². The summed E-state index contributed by atoms with van der Waals surface area (Å²) in [6.45, 7) is 4.42. The predicted molar refractivity (Wildman–Crippen MR) is 77.6 cm³/mol. The quantitative estimate of drug-likeness (QED) is 0.525. The molecular weight excluding hydrogens is 276 g/mol. The summed E-state index contributed by atoms with van der Waals surface area (Å²) in [4.78, 5) is 33.1. The minimum Gasteiger partial charge on any atom is -0.505 e. The number of pyridine rings is 1. The average Bonchev–Trinajstić information content (AvgIpc) is 2.44. The summed E-state index contributed by atoms with van der Waals surface area (Å²) >= 11 is 0. The fourth-order valence-electron chi connectivity index (χ4n) is 1.35. The molecule has 0 aliphatic rings. The second kappa shape index (κ2) is 7.53. The maximum absolute atomic E-state index is 11.6. The molecule has 21 heavy (non-hydrogen) atoms. The molecule has 0 fully saturated rings. The highest BCUT2D eigenvalue weighted by atomic mass is 16.4. The SMILES string of the molecule is C=N/C=N\C=C(/C)c1cnc(C(=O)NCC(=O)O)c(O)c1. The van der Waals surface area contributed by atoms with Gasteiger partial charge in [0.1, 0.15) is 18.6 Å². The van der Waals surface area contributed by atoms with E-state index >= 15 is 0 Å². The normalized spacial score (nSPS) is 11.4. The van der Waals surface area contributed by atoms with Gasteiger partial charge in [-0.2, -0.15) is 0 Å². The van der Waals surface area contributed by atoms with Crippen LogP contribution in [-0.2, 0) is 4.79 Å². The van der Waals surface area contributed by atoms with Crippen molar-refractivity contribution in [3.8, 4) is 5.75 Å². The first-order valence-corrected chi connectivity index (χ1v) is 5.79. The maximum Gasteiger partial charge on any atom is 0.322 e. The van der Waals surface area contributed by atoms with E-state index in [2.05, 4.69) is 27.0 Å². The molecule has 0 radical (unpaired) electrons. The molecule has 0 aliphatic carbocycles. The molecule has 110 valence electrons. The van der Waals surface area contributed by atoms with Crippen molar-refractivity contribution in [3.63, 3.8) is 0 Å². The van der Waals surface area contributed by atoms with Gasteiger partial charge >= 0.3 is 5.97 Å². The topological polar surface area (TPSA) is 124 Å². The molecule has 0 spiro atoms. The van der Waals surface area contributed by atoms with Crippen LogP contribution in [-0.4, -0.2) is 46.7 Å². The molecule has 8 heteroatoms. The molecule has 8 nitrogen and oxygen atoms in total. The van der Waals surface area contributed by atoms with Crippen LogP contribution >= 0.6 is 0 Å². The Morgan fingerprint density at radius 3 is 2.81 bits per heavy atom. The van der Waals surface area contributed by atoms with Crippen molar-refractivity contribution in [2.24, 2.45) is 9.98 Å². The van der Waals surface area contributed by atoms with E-state index in [0.29, 0.717) is 11.1 Å². The van der Waals surface area contributed by atoms with E-state index < -0.39 is 18.4 Å². The van der Waals surface area contributed by atoms with Gasteiger partial charge in [0.25, 0.3) is 5.91 Å². The van der Waals surface area contributed by atoms with Crippen LogP contribution in [0.2, 0.25) is 0 Å². The Bertz CT molecular complexity index is 623. The number of rotatable bonds is 6. The molecule has 0 saturated heterocycles. The van der Waals surface area contributed by atoms with Crippen LogP contribution in [0.3, 0.4) is 0 Å². The number of aromatic hydroxyl groups is 1. The van der Waals surface area contributed by atoms with Crippen molar-refractivity contribution in [2.75, 3.05) is 6.54 Å². The van der Waals surface area contributed by atoms with Gasteiger partial charge in [0.2, 0.25) is 0 Å². The molecule has 1 aromatic rings. The van der Waals surface area contributed by atoms with E-state index in [-0.39, 0.29) is 11.4 Å². The summed E-state index contributed by atoms with van der Waals surface area (Å²) in [5.41, 5.74) is 1.00. The Hall–Kier alpha value is -3.03. The number of hydrogen-bond acceptors (Lipinski definition) is 5. The molecule has 0 unspecified atom stereocenters. The van der Waals surface area contributed by atoms with Crippen LogP contribution in [0.1, 0.15) is 23.0 Å². The summed E-state index contributed by atoms with van der Waals surface area (Å²) in [5.74, 6) is -2.31. The van der Waals surface area contributed by atoms with Crippen molar-refractivity contribution in [2.45, 2.75) is 6.92 Å². The molecule has 1 aromatic heterocycles.